The average Bonchev–Trinajstić information content (AvgIpc) is 2.38. The molecule has 0 saturated heterocycles. The summed E-state index contributed by atoms with van der Waals surface area (Å²) >= 11 is 0. The number of hydrogen-bond donors (Lipinski definition) is 1. The third kappa shape index (κ3) is 9.26. The van der Waals surface area contributed by atoms with Gasteiger partial charge in [-0.1, -0.05) is 13.8 Å². The molecule has 0 aromatic heterocycles. The number of hydrogen-bond acceptors (Lipinski definition) is 4. The fraction of sp³-hybridized carbons (Fsp3) is 1.00. The highest BCUT2D eigenvalue weighted by Gasteiger charge is 2.41. The van der Waals surface area contributed by atoms with Crippen molar-refractivity contribution in [3.63, 3.8) is 0 Å². The fourth-order valence-corrected chi connectivity index (χ4v) is 2.52. The third-order valence-electron chi connectivity index (χ3n) is 2.87. The molecule has 21 heavy (non-hydrogen) atoms. The van der Waals surface area contributed by atoms with Crippen LogP contribution < -0.4 is 5.32 Å². The van der Waals surface area contributed by atoms with Crippen LogP contribution in [0.3, 0.4) is 0 Å². The zero-order valence-electron chi connectivity index (χ0n) is 12.2. The second-order valence-corrected chi connectivity index (χ2v) is 7.18. The number of halogens is 4. The molecular formula is C12H23F4NO3S. The Labute approximate surface area is 123 Å². The van der Waals surface area contributed by atoms with Crippen LogP contribution >= 0.6 is 0 Å². The summed E-state index contributed by atoms with van der Waals surface area (Å²) in [5, 5.41) is 2.95. The lowest BCUT2D eigenvalue weighted by Gasteiger charge is -2.20. The molecule has 0 saturated carbocycles. The Bertz CT molecular complexity index is 377. The molecule has 0 fully saturated rings. The van der Waals surface area contributed by atoms with Crippen molar-refractivity contribution in [1.82, 2.24) is 5.32 Å². The van der Waals surface area contributed by atoms with Crippen LogP contribution in [0, 0.1) is 0 Å². The molecule has 0 bridgehead atoms. The third-order valence-corrected chi connectivity index (χ3v) is 4.66. The summed E-state index contributed by atoms with van der Waals surface area (Å²) in [5.41, 5.74) is 0. The first-order valence-electron chi connectivity index (χ1n) is 6.82. The summed E-state index contributed by atoms with van der Waals surface area (Å²) in [6.45, 7) is 2.37. The van der Waals surface area contributed by atoms with Crippen molar-refractivity contribution in [1.29, 1.82) is 0 Å². The van der Waals surface area contributed by atoms with Gasteiger partial charge >= 0.3 is 12.3 Å². The fourth-order valence-electron chi connectivity index (χ4n) is 1.63. The van der Waals surface area contributed by atoms with Gasteiger partial charge in [-0.25, -0.2) is 17.2 Å². The molecule has 0 aliphatic heterocycles. The van der Waals surface area contributed by atoms with E-state index in [0.29, 0.717) is 19.4 Å². The molecule has 0 aliphatic rings. The topological polar surface area (TPSA) is 55.4 Å². The molecule has 9 heteroatoms. The summed E-state index contributed by atoms with van der Waals surface area (Å²) < 4.78 is 76.5. The molecule has 0 radical (unpaired) electrons. The zero-order chi connectivity index (χ0) is 16.5. The maximum absolute atomic E-state index is 12.7. The Balaban J connectivity index is 4.14. The quantitative estimate of drug-likeness (QED) is 0.554. The van der Waals surface area contributed by atoms with Gasteiger partial charge in [0.05, 0.1) is 12.4 Å². The Morgan fingerprint density at radius 2 is 1.86 bits per heavy atom. The van der Waals surface area contributed by atoms with Gasteiger partial charge in [0.15, 0.2) is 0 Å². The summed E-state index contributed by atoms with van der Waals surface area (Å²) in [6, 6.07) is -0.337. The lowest BCUT2D eigenvalue weighted by atomic mass is 10.2. The first kappa shape index (κ1) is 20.6. The van der Waals surface area contributed by atoms with Crippen molar-refractivity contribution in [2.24, 2.45) is 0 Å². The molecule has 0 aromatic carbocycles. The van der Waals surface area contributed by atoms with Crippen LogP contribution in [0.15, 0.2) is 0 Å². The molecular weight excluding hydrogens is 314 g/mol. The van der Waals surface area contributed by atoms with E-state index in [1.165, 1.54) is 0 Å². The normalized spacial score (nSPS) is 14.6. The number of rotatable bonds is 12. The van der Waals surface area contributed by atoms with Crippen LogP contribution in [-0.2, 0) is 14.6 Å². The Hall–Kier alpha value is -0.410. The van der Waals surface area contributed by atoms with Gasteiger partial charge in [0, 0.05) is 11.8 Å². The molecule has 0 spiro atoms. The number of nitrogens with one attached hydrogen (secondary N) is 1. The zero-order valence-corrected chi connectivity index (χ0v) is 13.1. The van der Waals surface area contributed by atoms with Crippen molar-refractivity contribution in [2.75, 3.05) is 31.3 Å². The highest BCUT2D eigenvalue weighted by atomic mass is 32.2. The Kier molecular flexibility index (Phi) is 9.39. The average molecular weight is 337 g/mol. The molecule has 128 valence electrons. The van der Waals surface area contributed by atoms with Crippen molar-refractivity contribution in [2.45, 2.75) is 45.1 Å². The number of likely N-dealkylation sites (N-methyl/N-ethyl adjacent to an activating group) is 1. The molecule has 1 N–H and O–H groups in total. The van der Waals surface area contributed by atoms with E-state index in [0.717, 1.165) is 0 Å². The van der Waals surface area contributed by atoms with E-state index in [-0.39, 0.29) is 24.2 Å². The van der Waals surface area contributed by atoms with Crippen LogP contribution in [0.2, 0.25) is 0 Å². The highest BCUT2D eigenvalue weighted by Crippen LogP contribution is 2.22. The van der Waals surface area contributed by atoms with Gasteiger partial charge in [-0.2, -0.15) is 8.78 Å². The summed E-state index contributed by atoms with van der Waals surface area (Å²) in [4.78, 5) is 0. The first-order valence-corrected chi connectivity index (χ1v) is 8.64. The molecule has 0 rings (SSSR count). The van der Waals surface area contributed by atoms with Crippen LogP contribution in [0.25, 0.3) is 0 Å². The summed E-state index contributed by atoms with van der Waals surface area (Å²) in [5.74, 6) is -4.10. The number of sulfone groups is 1. The van der Waals surface area contributed by atoms with Crippen molar-refractivity contribution in [3.8, 4) is 0 Å². The van der Waals surface area contributed by atoms with Gasteiger partial charge in [-0.15, -0.1) is 0 Å². The smallest absolute Gasteiger partial charge is 0.330 e. The molecule has 0 aromatic rings. The minimum absolute atomic E-state index is 0.0125. The Morgan fingerprint density at radius 1 is 1.24 bits per heavy atom. The van der Waals surface area contributed by atoms with Gasteiger partial charge in [-0.05, 0) is 19.4 Å². The van der Waals surface area contributed by atoms with E-state index in [2.05, 4.69) is 10.1 Å². The number of ether oxygens (including phenoxy) is 1. The van der Waals surface area contributed by atoms with Gasteiger partial charge in [-0.3, -0.25) is 0 Å². The van der Waals surface area contributed by atoms with E-state index in [9.17, 15) is 26.0 Å². The maximum atomic E-state index is 12.7. The van der Waals surface area contributed by atoms with E-state index in [4.69, 9.17) is 0 Å². The minimum atomic E-state index is -4.16. The van der Waals surface area contributed by atoms with Crippen molar-refractivity contribution < 1.29 is 30.7 Å². The second-order valence-electron chi connectivity index (χ2n) is 4.71. The molecule has 0 heterocycles. The predicted molar refractivity (Wildman–Crippen MR) is 72.8 cm³/mol. The van der Waals surface area contributed by atoms with Gasteiger partial charge in [0.2, 0.25) is 0 Å². The largest absolute Gasteiger partial charge is 0.373 e. The minimum Gasteiger partial charge on any atom is -0.373 e. The van der Waals surface area contributed by atoms with Crippen molar-refractivity contribution in [3.05, 3.63) is 0 Å². The molecule has 4 nitrogen and oxygen atoms in total. The molecule has 1 unspecified atom stereocenters. The van der Waals surface area contributed by atoms with Crippen LogP contribution in [0.4, 0.5) is 17.6 Å². The van der Waals surface area contributed by atoms with E-state index in [1.807, 2.05) is 0 Å². The van der Waals surface area contributed by atoms with Gasteiger partial charge in [0.25, 0.3) is 0 Å². The predicted octanol–water partition coefficient (Wildman–Crippen LogP) is 2.10. The molecule has 0 aliphatic carbocycles. The van der Waals surface area contributed by atoms with E-state index in [1.54, 1.807) is 13.8 Å². The van der Waals surface area contributed by atoms with Crippen LogP contribution in [0.1, 0.15) is 26.7 Å². The Morgan fingerprint density at radius 3 is 2.33 bits per heavy atom. The van der Waals surface area contributed by atoms with E-state index >= 15 is 0 Å². The summed E-state index contributed by atoms with van der Waals surface area (Å²) in [6.07, 6.45) is -2.99. The van der Waals surface area contributed by atoms with Crippen molar-refractivity contribution >= 4 is 9.84 Å². The van der Waals surface area contributed by atoms with Crippen LogP contribution in [-0.4, -0.2) is 58.1 Å². The lowest BCUT2D eigenvalue weighted by molar-refractivity contribution is -0.167. The first-order chi connectivity index (χ1) is 9.64. The highest BCUT2D eigenvalue weighted by molar-refractivity contribution is 7.91. The standard InChI is InChI=1S/C12H23F4NO3S/c1-3-17-10(6-5-7-21(18,19)4-2)8-20-9-12(15,16)11(13)14/h10-11,17H,3-9H2,1-2H3. The molecule has 1 atom stereocenters. The monoisotopic (exact) mass is 337 g/mol. The lowest BCUT2D eigenvalue weighted by Crippen LogP contribution is -2.38. The van der Waals surface area contributed by atoms with Gasteiger partial charge in [0.1, 0.15) is 16.4 Å². The molecule has 0 amide bonds. The van der Waals surface area contributed by atoms with Gasteiger partial charge < -0.3 is 10.1 Å². The summed E-state index contributed by atoms with van der Waals surface area (Å²) in [7, 11) is -3.07. The second kappa shape index (κ2) is 9.58. The SMILES string of the molecule is CCNC(CCCS(=O)(=O)CC)COCC(F)(F)C(F)F. The van der Waals surface area contributed by atoms with E-state index < -0.39 is 28.8 Å². The maximum Gasteiger partial charge on any atom is 0.330 e. The van der Waals surface area contributed by atoms with Crippen LogP contribution in [0.5, 0.6) is 0 Å². The number of alkyl halides is 4.